The zero-order valence-electron chi connectivity index (χ0n) is 17.1. The summed E-state index contributed by atoms with van der Waals surface area (Å²) in [5.74, 6) is -0.267. The molecule has 158 valence electrons. The van der Waals surface area contributed by atoms with E-state index in [4.69, 9.17) is 4.74 Å². The van der Waals surface area contributed by atoms with E-state index in [1.165, 1.54) is 20.5 Å². The van der Waals surface area contributed by atoms with Gasteiger partial charge in [-0.1, -0.05) is 18.2 Å². The zero-order chi connectivity index (χ0) is 21.3. The number of nitrogens with one attached hydrogen (secondary N) is 1. The van der Waals surface area contributed by atoms with Gasteiger partial charge in [-0.15, -0.1) is 11.3 Å². The Labute approximate surface area is 177 Å². The second kappa shape index (κ2) is 8.57. The van der Waals surface area contributed by atoms with Crippen molar-refractivity contribution in [1.82, 2.24) is 14.5 Å². The first-order valence-electron chi connectivity index (χ1n) is 10.1. The average Bonchev–Trinajstić information content (AvgIpc) is 3.41. The lowest BCUT2D eigenvalue weighted by atomic mass is 10.1. The van der Waals surface area contributed by atoms with Crippen LogP contribution in [-0.4, -0.2) is 34.3 Å². The van der Waals surface area contributed by atoms with Gasteiger partial charge in [-0.25, -0.2) is 4.79 Å². The molecule has 1 N–H and O–H groups in total. The van der Waals surface area contributed by atoms with Gasteiger partial charge >= 0.3 is 5.69 Å². The average molecular weight is 428 g/mol. The van der Waals surface area contributed by atoms with Crippen LogP contribution < -0.4 is 16.6 Å². The number of hydrogen-bond acceptors (Lipinski definition) is 5. The minimum atomic E-state index is -0.476. The number of rotatable bonds is 6. The lowest BCUT2D eigenvalue weighted by Crippen LogP contribution is -2.43. The number of amides is 1. The van der Waals surface area contributed by atoms with E-state index >= 15 is 0 Å². The Morgan fingerprint density at radius 1 is 1.20 bits per heavy atom. The fourth-order valence-corrected chi connectivity index (χ4v) is 4.59. The van der Waals surface area contributed by atoms with E-state index in [1.807, 2.05) is 32.0 Å². The van der Waals surface area contributed by atoms with Crippen molar-refractivity contribution < 1.29 is 9.53 Å². The molecule has 0 aliphatic carbocycles. The molecule has 1 unspecified atom stereocenters. The zero-order valence-corrected chi connectivity index (χ0v) is 18.0. The molecule has 3 heterocycles. The molecule has 2 aromatic heterocycles. The lowest BCUT2D eigenvalue weighted by molar-refractivity contribution is -0.122. The van der Waals surface area contributed by atoms with Crippen LogP contribution in [0.4, 0.5) is 0 Å². The molecule has 3 aromatic rings. The third-order valence-electron chi connectivity index (χ3n) is 5.60. The van der Waals surface area contributed by atoms with Crippen molar-refractivity contribution in [2.45, 2.75) is 45.9 Å². The van der Waals surface area contributed by atoms with Crippen molar-refractivity contribution >= 4 is 27.5 Å². The third-order valence-corrected chi connectivity index (χ3v) is 6.49. The van der Waals surface area contributed by atoms with Gasteiger partial charge in [0.2, 0.25) is 5.91 Å². The summed E-state index contributed by atoms with van der Waals surface area (Å²) in [6.07, 6.45) is 1.96. The summed E-state index contributed by atoms with van der Waals surface area (Å²) in [6, 6.07) is 7.61. The van der Waals surface area contributed by atoms with E-state index in [0.717, 1.165) is 36.1 Å². The van der Waals surface area contributed by atoms with Gasteiger partial charge in [-0.05, 0) is 54.8 Å². The smallest absolute Gasteiger partial charge is 0.332 e. The van der Waals surface area contributed by atoms with Crippen molar-refractivity contribution in [3.05, 3.63) is 67.2 Å². The number of fused-ring (bicyclic) bond motifs is 1. The fourth-order valence-electron chi connectivity index (χ4n) is 3.74. The number of benzene rings is 1. The topological polar surface area (TPSA) is 82.3 Å². The summed E-state index contributed by atoms with van der Waals surface area (Å²) in [4.78, 5) is 38.6. The summed E-state index contributed by atoms with van der Waals surface area (Å²) in [5, 5.41) is 4.62. The van der Waals surface area contributed by atoms with E-state index in [9.17, 15) is 14.4 Å². The third kappa shape index (κ3) is 4.11. The van der Waals surface area contributed by atoms with E-state index in [2.05, 4.69) is 5.32 Å². The summed E-state index contributed by atoms with van der Waals surface area (Å²) < 4.78 is 8.61. The predicted molar refractivity (Wildman–Crippen MR) is 117 cm³/mol. The monoisotopic (exact) mass is 427 g/mol. The van der Waals surface area contributed by atoms with Crippen LogP contribution in [0.1, 0.15) is 29.5 Å². The maximum Gasteiger partial charge on any atom is 0.332 e. The number of carbonyl (C=O) groups excluding carboxylic acids is 1. The molecule has 0 bridgehead atoms. The van der Waals surface area contributed by atoms with Crippen molar-refractivity contribution in [1.29, 1.82) is 0 Å². The Balaban J connectivity index is 1.64. The minimum Gasteiger partial charge on any atom is -0.376 e. The van der Waals surface area contributed by atoms with Crippen LogP contribution in [0, 0.1) is 13.8 Å². The number of nitrogens with zero attached hydrogens (tertiary/aromatic N) is 2. The molecular formula is C22H25N3O4S. The van der Waals surface area contributed by atoms with Crippen molar-refractivity contribution in [3.63, 3.8) is 0 Å². The van der Waals surface area contributed by atoms with E-state index in [-0.39, 0.29) is 30.7 Å². The molecule has 30 heavy (non-hydrogen) atoms. The summed E-state index contributed by atoms with van der Waals surface area (Å²) in [5.41, 5.74) is 2.84. The summed E-state index contributed by atoms with van der Waals surface area (Å²) >= 11 is 1.28. The first kappa shape index (κ1) is 20.6. The van der Waals surface area contributed by atoms with Crippen molar-refractivity contribution in [2.24, 2.45) is 0 Å². The summed E-state index contributed by atoms with van der Waals surface area (Å²) in [6.45, 7) is 5.21. The molecule has 1 saturated heterocycles. The van der Waals surface area contributed by atoms with Crippen LogP contribution in [0.5, 0.6) is 0 Å². The Bertz CT molecular complexity index is 1200. The van der Waals surface area contributed by atoms with Crippen LogP contribution in [0.25, 0.3) is 10.2 Å². The molecule has 0 saturated carbocycles. The normalized spacial score (nSPS) is 16.3. The number of carbonyl (C=O) groups is 1. The number of aryl methyl sites for hydroxylation is 2. The molecule has 4 rings (SSSR count). The number of thiophene rings is 1. The van der Waals surface area contributed by atoms with Crippen LogP contribution >= 0.6 is 11.3 Å². The first-order chi connectivity index (χ1) is 14.4. The predicted octanol–water partition coefficient (Wildman–Crippen LogP) is 2.19. The van der Waals surface area contributed by atoms with Gasteiger partial charge in [0.25, 0.3) is 5.56 Å². The highest BCUT2D eigenvalue weighted by atomic mass is 32.1. The van der Waals surface area contributed by atoms with Gasteiger partial charge in [0, 0.05) is 13.2 Å². The van der Waals surface area contributed by atoms with E-state index in [1.54, 1.807) is 11.4 Å². The lowest BCUT2D eigenvalue weighted by Gasteiger charge is -2.14. The molecule has 8 heteroatoms. The molecule has 1 amide bonds. The number of ether oxygens (including phenoxy) is 1. The Kier molecular flexibility index (Phi) is 5.87. The highest BCUT2D eigenvalue weighted by Crippen LogP contribution is 2.16. The molecular weight excluding hydrogens is 402 g/mol. The molecule has 1 atom stereocenters. The van der Waals surface area contributed by atoms with Gasteiger partial charge in [-0.3, -0.25) is 18.7 Å². The summed E-state index contributed by atoms with van der Waals surface area (Å²) in [7, 11) is 0. The highest BCUT2D eigenvalue weighted by Gasteiger charge is 2.19. The number of aromatic nitrogens is 2. The molecule has 1 aliphatic heterocycles. The second-order valence-corrected chi connectivity index (χ2v) is 8.67. The molecule has 0 radical (unpaired) electrons. The Morgan fingerprint density at radius 2 is 2.03 bits per heavy atom. The van der Waals surface area contributed by atoms with Crippen LogP contribution in [0.15, 0.2) is 39.2 Å². The Hall–Kier alpha value is -2.71. The SMILES string of the molecule is Cc1ccc(Cn2c(=O)c3sccc3n(CC(=O)NCC3CCCO3)c2=O)cc1C. The van der Waals surface area contributed by atoms with Crippen LogP contribution in [0.3, 0.4) is 0 Å². The van der Waals surface area contributed by atoms with E-state index in [0.29, 0.717) is 16.8 Å². The van der Waals surface area contributed by atoms with Gasteiger partial charge in [0.1, 0.15) is 11.2 Å². The molecule has 0 spiro atoms. The first-order valence-corrected chi connectivity index (χ1v) is 11.0. The van der Waals surface area contributed by atoms with Crippen molar-refractivity contribution in [3.8, 4) is 0 Å². The molecule has 1 aromatic carbocycles. The maximum atomic E-state index is 13.2. The minimum absolute atomic E-state index is 0.0329. The molecule has 1 fully saturated rings. The van der Waals surface area contributed by atoms with Gasteiger partial charge in [0.05, 0.1) is 18.2 Å². The standard InChI is InChI=1S/C22H25N3O4S/c1-14-5-6-16(10-15(14)2)12-25-21(27)20-18(7-9-30-20)24(22(25)28)13-19(26)23-11-17-4-3-8-29-17/h5-7,9-10,17H,3-4,8,11-13H2,1-2H3,(H,23,26). The quantitative estimate of drug-likeness (QED) is 0.654. The largest absolute Gasteiger partial charge is 0.376 e. The highest BCUT2D eigenvalue weighted by molar-refractivity contribution is 7.17. The second-order valence-electron chi connectivity index (χ2n) is 7.75. The Morgan fingerprint density at radius 3 is 2.77 bits per heavy atom. The maximum absolute atomic E-state index is 13.2. The van der Waals surface area contributed by atoms with Gasteiger partial charge < -0.3 is 10.1 Å². The van der Waals surface area contributed by atoms with Gasteiger partial charge in [-0.2, -0.15) is 0 Å². The molecule has 7 nitrogen and oxygen atoms in total. The van der Waals surface area contributed by atoms with Crippen LogP contribution in [0.2, 0.25) is 0 Å². The van der Waals surface area contributed by atoms with Crippen LogP contribution in [-0.2, 0) is 22.6 Å². The molecule has 1 aliphatic rings. The van der Waals surface area contributed by atoms with Crippen molar-refractivity contribution in [2.75, 3.05) is 13.2 Å². The van der Waals surface area contributed by atoms with Gasteiger partial charge in [0.15, 0.2) is 0 Å². The number of hydrogen-bond donors (Lipinski definition) is 1. The fraction of sp³-hybridized carbons (Fsp3) is 0.409. The van der Waals surface area contributed by atoms with E-state index < -0.39 is 5.69 Å².